The van der Waals surface area contributed by atoms with E-state index in [1.165, 1.54) is 32.2 Å². The van der Waals surface area contributed by atoms with Gasteiger partial charge in [0.15, 0.2) is 17.9 Å². The molecule has 246 valence electrons. The third-order valence-corrected chi connectivity index (χ3v) is 9.78. The number of hydrogen-bond acceptors (Lipinski definition) is 11. The molecule has 0 saturated carbocycles. The summed E-state index contributed by atoms with van der Waals surface area (Å²) >= 11 is 0. The van der Waals surface area contributed by atoms with E-state index in [9.17, 15) is 34.8 Å². The Balaban J connectivity index is 1.38. The van der Waals surface area contributed by atoms with Gasteiger partial charge in [0, 0.05) is 49.0 Å². The van der Waals surface area contributed by atoms with Gasteiger partial charge in [-0.05, 0) is 32.8 Å². The molecule has 4 N–H and O–H groups in total. The second-order valence-electron chi connectivity index (χ2n) is 12.8. The van der Waals surface area contributed by atoms with Crippen LogP contribution in [0.15, 0.2) is 23.2 Å². The molecule has 2 aliphatic carbocycles. The molecule has 0 bridgehead atoms. The summed E-state index contributed by atoms with van der Waals surface area (Å²) in [7, 11) is 1.35. The van der Waals surface area contributed by atoms with E-state index >= 15 is 0 Å². The third-order valence-electron chi connectivity index (χ3n) is 9.78. The Kier molecular flexibility index (Phi) is 8.66. The molecule has 0 unspecified atom stereocenters. The van der Waals surface area contributed by atoms with Gasteiger partial charge in [-0.15, -0.1) is 0 Å². The van der Waals surface area contributed by atoms with Gasteiger partial charge in [-0.25, -0.2) is 0 Å². The Hall–Kier alpha value is -3.84. The molecule has 0 radical (unpaired) electrons. The number of Topliss-reactive ketones (excluding diaryl/α,β-unsaturated/α-hetero) is 1. The van der Waals surface area contributed by atoms with Crippen LogP contribution in [0, 0.1) is 0 Å². The molecule has 0 amide bonds. The maximum absolute atomic E-state index is 13.9. The normalized spacial score (nSPS) is 29.6. The summed E-state index contributed by atoms with van der Waals surface area (Å²) in [5, 5.41) is 45.6. The minimum Gasteiger partial charge on any atom is -0.507 e. The first-order chi connectivity index (χ1) is 21.9. The largest absolute Gasteiger partial charge is 0.507 e. The standard InChI is InChI=1S/C34H40N2O10/c1-17-29(38)21(35-16-36-11-6-4-5-7-12-36)13-24(45-17)46-23-15-34(43,18(2)37)14-20-26(23)33(42)28-27(31(20)40)30(39)19-9-8-10-22(44-3)25(19)32(28)41/h8-10,16-17,21,23-24,29,38,40,42-43H,4-7,11-15H2,1-3H3/t17-,21-,23-,24-,29+,34-/m0/s1. The smallest absolute Gasteiger partial charge is 0.202 e. The predicted molar refractivity (Wildman–Crippen MR) is 165 cm³/mol. The molecule has 46 heavy (non-hydrogen) atoms. The number of likely N-dealkylation sites (tertiary alicyclic amines) is 1. The highest BCUT2D eigenvalue weighted by molar-refractivity contribution is 6.31. The molecule has 12 heteroatoms. The Labute approximate surface area is 266 Å². The molecule has 2 aromatic carbocycles. The van der Waals surface area contributed by atoms with E-state index in [1.54, 1.807) is 13.3 Å². The number of methoxy groups -OCH3 is 1. The predicted octanol–water partition coefficient (Wildman–Crippen LogP) is 2.97. The van der Waals surface area contributed by atoms with Gasteiger partial charge in [-0.2, -0.15) is 0 Å². The summed E-state index contributed by atoms with van der Waals surface area (Å²) in [6.45, 7) is 4.65. The number of aliphatic hydroxyl groups is 2. The molecular weight excluding hydrogens is 596 g/mol. The number of aliphatic imine (C=N–C) groups is 1. The van der Waals surface area contributed by atoms with E-state index in [0.717, 1.165) is 38.8 Å². The van der Waals surface area contributed by atoms with Crippen molar-refractivity contribution in [3.63, 3.8) is 0 Å². The van der Waals surface area contributed by atoms with Crippen molar-refractivity contribution in [2.24, 2.45) is 4.99 Å². The number of nitrogens with zero attached hydrogens (tertiary/aromatic N) is 2. The fourth-order valence-corrected chi connectivity index (χ4v) is 7.14. The maximum Gasteiger partial charge on any atom is 0.202 e. The highest BCUT2D eigenvalue weighted by atomic mass is 16.7. The SMILES string of the molecule is COc1cccc2c1C(=O)c1c(O)c3c(c(O)c1C2=O)C[C@@](O)(C(C)=O)C[C@@H]3O[C@H]1C[C@H](N=CN2CCCCCC2)[C@H](O)[C@H](C)O1. The van der Waals surface area contributed by atoms with Crippen LogP contribution in [0.3, 0.4) is 0 Å². The van der Waals surface area contributed by atoms with E-state index in [2.05, 4.69) is 9.89 Å². The number of fused-ring (bicyclic) bond motifs is 3. The minimum absolute atomic E-state index is 0.00753. The quantitative estimate of drug-likeness (QED) is 0.178. The number of aromatic hydroxyl groups is 2. The maximum atomic E-state index is 13.9. The number of carbonyl (C=O) groups excluding carboxylic acids is 3. The molecular formula is C34H40N2O10. The fourth-order valence-electron chi connectivity index (χ4n) is 7.14. The lowest BCUT2D eigenvalue weighted by molar-refractivity contribution is -0.246. The van der Waals surface area contributed by atoms with Crippen LogP contribution < -0.4 is 4.74 Å². The molecule has 2 heterocycles. The first-order valence-electron chi connectivity index (χ1n) is 15.8. The number of carbonyl (C=O) groups is 3. The molecule has 0 spiro atoms. The first-order valence-corrected chi connectivity index (χ1v) is 15.8. The zero-order valence-electron chi connectivity index (χ0n) is 26.2. The molecule has 4 aliphatic rings. The lowest BCUT2D eigenvalue weighted by Gasteiger charge is -2.42. The van der Waals surface area contributed by atoms with Crippen molar-refractivity contribution in [3.8, 4) is 17.2 Å². The van der Waals surface area contributed by atoms with Crippen molar-refractivity contribution in [3.05, 3.63) is 51.6 Å². The average molecular weight is 637 g/mol. The van der Waals surface area contributed by atoms with E-state index < -0.39 is 82.6 Å². The van der Waals surface area contributed by atoms with Gasteiger partial charge < -0.3 is 39.5 Å². The summed E-state index contributed by atoms with van der Waals surface area (Å²) < 4.78 is 17.7. The zero-order chi connectivity index (χ0) is 32.9. The second kappa shape index (κ2) is 12.4. The van der Waals surface area contributed by atoms with Crippen molar-refractivity contribution in [2.45, 2.75) is 95.0 Å². The highest BCUT2D eigenvalue weighted by Crippen LogP contribution is 2.52. The van der Waals surface area contributed by atoms with Crippen LogP contribution in [-0.4, -0.2) is 99.4 Å². The number of phenolic OH excluding ortho intramolecular Hbond substituents is 2. The van der Waals surface area contributed by atoms with Crippen molar-refractivity contribution in [2.75, 3.05) is 20.2 Å². The Bertz CT molecular complexity index is 1600. The topological polar surface area (TPSA) is 175 Å². The molecule has 12 nitrogen and oxygen atoms in total. The molecule has 2 fully saturated rings. The molecule has 0 aromatic heterocycles. The van der Waals surface area contributed by atoms with Gasteiger partial charge in [0.2, 0.25) is 5.78 Å². The van der Waals surface area contributed by atoms with Crippen molar-refractivity contribution >= 4 is 23.7 Å². The van der Waals surface area contributed by atoms with Crippen molar-refractivity contribution in [1.29, 1.82) is 0 Å². The lowest BCUT2D eigenvalue weighted by Crippen LogP contribution is -2.49. The molecule has 2 saturated heterocycles. The Morgan fingerprint density at radius 2 is 1.76 bits per heavy atom. The second-order valence-corrected chi connectivity index (χ2v) is 12.8. The minimum atomic E-state index is -2.01. The van der Waals surface area contributed by atoms with Crippen LogP contribution in [-0.2, 0) is 20.7 Å². The van der Waals surface area contributed by atoms with Gasteiger partial charge in [0.05, 0.1) is 48.4 Å². The number of benzene rings is 2. The van der Waals surface area contributed by atoms with Crippen LogP contribution in [0.2, 0.25) is 0 Å². The average Bonchev–Trinajstić information content (AvgIpc) is 3.31. The zero-order valence-corrected chi connectivity index (χ0v) is 26.2. The van der Waals surface area contributed by atoms with Crippen LogP contribution in [0.25, 0.3) is 0 Å². The Morgan fingerprint density at radius 1 is 1.07 bits per heavy atom. The monoisotopic (exact) mass is 636 g/mol. The number of rotatable bonds is 6. The number of phenols is 2. The summed E-state index contributed by atoms with van der Waals surface area (Å²) in [5.41, 5.74) is -2.98. The van der Waals surface area contributed by atoms with Gasteiger partial charge in [-0.1, -0.05) is 25.0 Å². The third kappa shape index (κ3) is 5.46. The number of ether oxygens (including phenoxy) is 3. The van der Waals surface area contributed by atoms with Gasteiger partial charge in [0.25, 0.3) is 0 Å². The summed E-state index contributed by atoms with van der Waals surface area (Å²) in [6, 6.07) is 3.90. The van der Waals surface area contributed by atoms with E-state index in [1.807, 2.05) is 0 Å². The van der Waals surface area contributed by atoms with Crippen molar-refractivity contribution in [1.82, 2.24) is 4.90 Å². The van der Waals surface area contributed by atoms with E-state index in [4.69, 9.17) is 14.2 Å². The first kappa shape index (κ1) is 32.1. The summed E-state index contributed by atoms with van der Waals surface area (Å²) in [5.74, 6) is -3.11. The number of ketones is 3. The van der Waals surface area contributed by atoms with Gasteiger partial charge >= 0.3 is 0 Å². The van der Waals surface area contributed by atoms with E-state index in [-0.39, 0.29) is 40.8 Å². The Morgan fingerprint density at radius 3 is 2.43 bits per heavy atom. The number of hydrogen-bond donors (Lipinski definition) is 4. The summed E-state index contributed by atoms with van der Waals surface area (Å²) in [4.78, 5) is 47.1. The molecule has 2 aliphatic heterocycles. The molecule has 6 atom stereocenters. The number of aliphatic hydroxyl groups excluding tert-OH is 1. The van der Waals surface area contributed by atoms with E-state index in [0.29, 0.717) is 0 Å². The highest BCUT2D eigenvalue weighted by Gasteiger charge is 2.49. The van der Waals surface area contributed by atoms with Crippen molar-refractivity contribution < 1.29 is 49.0 Å². The van der Waals surface area contributed by atoms with Crippen LogP contribution >= 0.6 is 0 Å². The lowest BCUT2D eigenvalue weighted by atomic mass is 9.72. The molecule has 6 rings (SSSR count). The van der Waals surface area contributed by atoms with Crippen LogP contribution in [0.4, 0.5) is 0 Å². The van der Waals surface area contributed by atoms with Crippen LogP contribution in [0.1, 0.15) is 101 Å². The van der Waals surface area contributed by atoms with Gasteiger partial charge in [0.1, 0.15) is 29.0 Å². The fraction of sp³-hybridized carbons (Fsp3) is 0.529. The molecule has 2 aromatic rings. The summed E-state index contributed by atoms with van der Waals surface area (Å²) in [6.07, 6.45) is 1.79. The van der Waals surface area contributed by atoms with Crippen LogP contribution in [0.5, 0.6) is 17.2 Å². The van der Waals surface area contributed by atoms with Gasteiger partial charge in [-0.3, -0.25) is 19.4 Å².